The molecular weight excluding hydrogens is 883 g/mol. The second kappa shape index (κ2) is 22.8. The van der Waals surface area contributed by atoms with Gasteiger partial charge in [0.05, 0.1) is 68.6 Å². The molecule has 1 N–H and O–H groups in total. The Balaban J connectivity index is 0.000000203. The van der Waals surface area contributed by atoms with Crippen molar-refractivity contribution in [3.05, 3.63) is 99.1 Å². The highest BCUT2D eigenvalue weighted by Gasteiger charge is 2.37. The van der Waals surface area contributed by atoms with E-state index in [0.717, 1.165) is 107 Å². The highest BCUT2D eigenvalue weighted by molar-refractivity contribution is 7.99. The average molecular weight is 950 g/mol. The fourth-order valence-corrected chi connectivity index (χ4v) is 11.3. The summed E-state index contributed by atoms with van der Waals surface area (Å²) in [6.07, 6.45) is 1.66. The van der Waals surface area contributed by atoms with Crippen molar-refractivity contribution >= 4 is 35.2 Å². The largest absolute Gasteiger partial charge is 0.497 e. The third-order valence-corrected chi connectivity index (χ3v) is 15.0. The summed E-state index contributed by atoms with van der Waals surface area (Å²) in [5.41, 5.74) is 7.05. The summed E-state index contributed by atoms with van der Waals surface area (Å²) in [5, 5.41) is 32.3. The Kier molecular flexibility index (Phi) is 17.2. The van der Waals surface area contributed by atoms with E-state index in [4.69, 9.17) is 33.7 Å². The van der Waals surface area contributed by atoms with Crippen molar-refractivity contribution in [2.75, 3.05) is 88.1 Å². The summed E-state index contributed by atoms with van der Waals surface area (Å²) >= 11 is 3.12. The molecule has 2 aromatic carbocycles. The van der Waals surface area contributed by atoms with E-state index in [9.17, 15) is 15.6 Å². The van der Waals surface area contributed by atoms with Crippen LogP contribution in [-0.2, 0) is 51.4 Å². The fourth-order valence-electron chi connectivity index (χ4n) is 9.34. The third kappa shape index (κ3) is 12.4. The van der Waals surface area contributed by atoms with Gasteiger partial charge in [-0.15, -0.1) is 23.5 Å². The second-order valence-corrected chi connectivity index (χ2v) is 21.0. The number of ether oxygens (including phenoxy) is 5. The number of aliphatic hydroxyl groups excluding tert-OH is 1. The molecule has 0 radical (unpaired) electrons. The van der Waals surface area contributed by atoms with Crippen molar-refractivity contribution in [2.24, 2.45) is 0 Å². The van der Waals surface area contributed by atoms with Crippen LogP contribution in [0.25, 0.3) is 0 Å². The van der Waals surface area contributed by atoms with Gasteiger partial charge in [-0.3, -0.25) is 4.90 Å². The summed E-state index contributed by atoms with van der Waals surface area (Å²) < 4.78 is 28.4. The van der Waals surface area contributed by atoms with Crippen LogP contribution in [-0.4, -0.2) is 122 Å². The van der Waals surface area contributed by atoms with Crippen molar-refractivity contribution in [2.45, 2.75) is 113 Å². The summed E-state index contributed by atoms with van der Waals surface area (Å²) in [5.74, 6) is 4.03. The Labute approximate surface area is 406 Å². The molecule has 0 saturated carbocycles. The lowest BCUT2D eigenvalue weighted by molar-refractivity contribution is -0.0405. The number of hydrogen-bond donors (Lipinski definition) is 1. The number of aliphatic hydroxyl groups is 1. The number of benzene rings is 2. The molecule has 2 fully saturated rings. The topological polar surface area (TPSA) is 149 Å². The average Bonchev–Trinajstić information content (AvgIpc) is 3.32. The minimum Gasteiger partial charge on any atom is -0.497 e. The van der Waals surface area contributed by atoms with E-state index < -0.39 is 6.10 Å². The first kappa shape index (κ1) is 50.5. The van der Waals surface area contributed by atoms with Crippen molar-refractivity contribution in [1.29, 1.82) is 10.5 Å². The number of fused-ring (bicyclic) bond motifs is 2. The number of anilines is 2. The Morgan fingerprint density at radius 1 is 0.776 bits per heavy atom. The van der Waals surface area contributed by atoms with Crippen LogP contribution >= 0.6 is 23.5 Å². The number of methoxy groups -OCH3 is 2. The predicted molar refractivity (Wildman–Crippen MR) is 265 cm³/mol. The summed E-state index contributed by atoms with van der Waals surface area (Å²) in [6.45, 7) is 20.1. The van der Waals surface area contributed by atoms with Crippen LogP contribution in [0.5, 0.6) is 5.75 Å². The molecule has 0 spiro atoms. The fraction of sp³-hybridized carbons (Fsp3) is 0.538. The zero-order chi connectivity index (χ0) is 47.7. The number of rotatable bonds is 14. The van der Waals surface area contributed by atoms with E-state index in [1.165, 1.54) is 17.3 Å². The highest BCUT2D eigenvalue weighted by Crippen LogP contribution is 2.41. The zero-order valence-corrected chi connectivity index (χ0v) is 42.1. The van der Waals surface area contributed by atoms with Crippen LogP contribution < -0.4 is 14.5 Å². The molecule has 0 amide bonds. The molecular formula is C52H67N7O6S2. The third-order valence-electron chi connectivity index (χ3n) is 13.0. The van der Waals surface area contributed by atoms with E-state index in [1.807, 2.05) is 42.5 Å². The normalized spacial score (nSPS) is 20.3. The maximum atomic E-state index is 10.6. The Morgan fingerprint density at radius 2 is 1.33 bits per heavy atom. The monoisotopic (exact) mass is 949 g/mol. The minimum absolute atomic E-state index is 0.304. The number of aryl methyl sites for hydroxylation is 1. The van der Waals surface area contributed by atoms with Crippen LogP contribution in [0.15, 0.2) is 64.6 Å². The second-order valence-electron chi connectivity index (χ2n) is 18.9. The Morgan fingerprint density at radius 3 is 1.87 bits per heavy atom. The molecule has 4 aliphatic heterocycles. The number of aromatic nitrogens is 2. The van der Waals surface area contributed by atoms with Gasteiger partial charge in [0.2, 0.25) is 0 Å². The lowest BCUT2D eigenvalue weighted by atomic mass is 9.89. The number of piperazine rings is 1. The van der Waals surface area contributed by atoms with Gasteiger partial charge in [0.1, 0.15) is 39.6 Å². The van der Waals surface area contributed by atoms with E-state index >= 15 is 0 Å². The minimum atomic E-state index is -0.618. The van der Waals surface area contributed by atoms with Gasteiger partial charge in [0, 0.05) is 87.4 Å². The molecule has 3 atom stereocenters. The smallest absolute Gasteiger partial charge is 0.135 e. The van der Waals surface area contributed by atoms with Gasteiger partial charge >= 0.3 is 0 Å². The number of pyridine rings is 2. The molecule has 8 rings (SSSR count). The van der Waals surface area contributed by atoms with Gasteiger partial charge < -0.3 is 38.6 Å². The molecule has 67 heavy (non-hydrogen) atoms. The lowest BCUT2D eigenvalue weighted by Gasteiger charge is -2.46. The SMILES string of the molecule is CC1(C)Cc2c(C#N)c(SCC(O)c3ccccc3)nc(N3CCOCC3)c2CO1.COCCN1C(C)CN(c2nc(SCCc3ccc(OC)cc3)c(C#N)c3c2COC(C)(C)C3)CC1C. The number of thioether (sulfide) groups is 2. The van der Waals surface area contributed by atoms with Crippen molar-refractivity contribution in [1.82, 2.24) is 14.9 Å². The molecule has 3 unspecified atom stereocenters. The Hall–Kier alpha value is -4.42. The number of morpholine rings is 1. The van der Waals surface area contributed by atoms with Gasteiger partial charge in [0.25, 0.3) is 0 Å². The highest BCUT2D eigenvalue weighted by atomic mass is 32.2. The van der Waals surface area contributed by atoms with Crippen molar-refractivity contribution < 1.29 is 28.8 Å². The van der Waals surface area contributed by atoms with Crippen LogP contribution in [0.4, 0.5) is 11.6 Å². The van der Waals surface area contributed by atoms with Crippen molar-refractivity contribution in [3.8, 4) is 17.9 Å². The van der Waals surface area contributed by atoms with Gasteiger partial charge in [0.15, 0.2) is 0 Å². The van der Waals surface area contributed by atoms with Crippen LogP contribution in [0.3, 0.4) is 0 Å². The number of hydrogen-bond acceptors (Lipinski definition) is 15. The van der Waals surface area contributed by atoms with E-state index in [2.05, 4.69) is 80.5 Å². The summed E-state index contributed by atoms with van der Waals surface area (Å²) in [4.78, 5) is 17.2. The number of nitrogens with zero attached hydrogens (tertiary/aromatic N) is 7. The maximum Gasteiger partial charge on any atom is 0.135 e. The lowest BCUT2D eigenvalue weighted by Crippen LogP contribution is -2.58. The predicted octanol–water partition coefficient (Wildman–Crippen LogP) is 8.16. The molecule has 2 saturated heterocycles. The number of nitriles is 2. The van der Waals surface area contributed by atoms with Gasteiger partial charge in [-0.2, -0.15) is 10.5 Å². The van der Waals surface area contributed by atoms with E-state index in [1.54, 1.807) is 26.0 Å². The molecule has 4 aliphatic rings. The molecule has 0 aliphatic carbocycles. The molecule has 358 valence electrons. The maximum absolute atomic E-state index is 10.6. The molecule has 13 nitrogen and oxygen atoms in total. The first-order valence-corrected chi connectivity index (χ1v) is 25.3. The molecule has 2 aromatic heterocycles. The van der Waals surface area contributed by atoms with Crippen molar-refractivity contribution in [3.63, 3.8) is 0 Å². The van der Waals surface area contributed by atoms with Crippen LogP contribution in [0.1, 0.15) is 92.2 Å². The summed E-state index contributed by atoms with van der Waals surface area (Å²) in [6, 6.07) is 23.4. The Bertz CT molecular complexity index is 2370. The zero-order valence-electron chi connectivity index (χ0n) is 40.5. The standard InChI is InChI=1S/C29H40N4O3S.C23H27N3O3S/c1-20-17-32(18-21(2)33(20)12-13-34-5)27-26-19-36-29(3,4)15-24(26)25(16-30)28(31-27)37-14-11-22-7-9-23(35-6)10-8-22;1-23(2)12-17-18(13-24)22(30-15-20(27)16-6-4-3-5-7-16)25-21(19(17)14-29-23)26-8-10-28-11-9-26/h7-10,20-21H,11-15,17-19H2,1-6H3;3-7,20,27H,8-12,14-15H2,1-2H3. The molecule has 15 heteroatoms. The molecule has 6 heterocycles. The van der Waals surface area contributed by atoms with Gasteiger partial charge in [-0.1, -0.05) is 42.5 Å². The van der Waals surface area contributed by atoms with Gasteiger partial charge in [-0.05, 0) is 82.3 Å². The first-order valence-electron chi connectivity index (χ1n) is 23.4. The molecule has 0 bridgehead atoms. The van der Waals surface area contributed by atoms with E-state index in [-0.39, 0.29) is 11.2 Å². The van der Waals surface area contributed by atoms with Crippen LogP contribution in [0, 0.1) is 22.7 Å². The van der Waals surface area contributed by atoms with Crippen LogP contribution in [0.2, 0.25) is 0 Å². The first-order chi connectivity index (χ1) is 32.2. The van der Waals surface area contributed by atoms with Gasteiger partial charge in [-0.25, -0.2) is 9.97 Å². The van der Waals surface area contributed by atoms with E-state index in [0.29, 0.717) is 67.7 Å². The summed E-state index contributed by atoms with van der Waals surface area (Å²) in [7, 11) is 3.44. The molecule has 4 aromatic rings. The quantitative estimate of drug-likeness (QED) is 0.121.